The number of nitrogens with two attached hydrogens (primary N) is 1. The van der Waals surface area contributed by atoms with E-state index in [0.717, 1.165) is 11.8 Å². The molecule has 1 aromatic heterocycles. The largest absolute Gasteiger partial charge is 0.478 e. The molecule has 0 radical (unpaired) electrons. The zero-order valence-electron chi connectivity index (χ0n) is 14.8. The maximum absolute atomic E-state index is 12.3. The molecule has 0 aliphatic heterocycles. The Morgan fingerprint density at radius 1 is 1.17 bits per heavy atom. The Labute approximate surface area is 174 Å². The van der Waals surface area contributed by atoms with Gasteiger partial charge in [0.1, 0.15) is 5.82 Å². The Bertz CT molecular complexity index is 1130. The molecule has 2 aromatic carbocycles. The van der Waals surface area contributed by atoms with Crippen molar-refractivity contribution < 1.29 is 14.7 Å². The first-order chi connectivity index (χ1) is 13.8. The molecule has 10 heteroatoms. The maximum Gasteiger partial charge on any atom is 0.335 e. The lowest BCUT2D eigenvalue weighted by Crippen LogP contribution is -2.19. The molecule has 3 aromatic rings. The standard InChI is InChI=1S/C19H15ClN4O4S/c20-12-4-6-14(7-5-12)24-15(21)9-16(25)23-19(24)29-10-17(26)22-13-3-1-2-11(8-13)18(27)28/h1-9H,10,21H2,(H,22,26)(H,27,28). The van der Waals surface area contributed by atoms with Crippen LogP contribution in [-0.4, -0.2) is 32.3 Å². The quantitative estimate of drug-likeness (QED) is 0.405. The molecule has 0 bridgehead atoms. The van der Waals surface area contributed by atoms with E-state index in [4.69, 9.17) is 22.4 Å². The molecule has 0 aliphatic rings. The number of nitrogens with one attached hydrogen (secondary N) is 1. The molecule has 148 valence electrons. The summed E-state index contributed by atoms with van der Waals surface area (Å²) in [5.74, 6) is -1.38. The number of halogens is 1. The van der Waals surface area contributed by atoms with Gasteiger partial charge >= 0.3 is 5.97 Å². The number of thioether (sulfide) groups is 1. The molecule has 0 fully saturated rings. The van der Waals surface area contributed by atoms with E-state index in [1.54, 1.807) is 34.9 Å². The van der Waals surface area contributed by atoms with Gasteiger partial charge in [-0.25, -0.2) is 4.79 Å². The predicted molar refractivity (Wildman–Crippen MR) is 112 cm³/mol. The first-order valence-electron chi connectivity index (χ1n) is 8.25. The average molecular weight is 431 g/mol. The van der Waals surface area contributed by atoms with Crippen molar-refractivity contribution >= 4 is 46.7 Å². The van der Waals surface area contributed by atoms with Gasteiger partial charge in [-0.15, -0.1) is 0 Å². The summed E-state index contributed by atoms with van der Waals surface area (Å²) in [5.41, 5.74) is 6.51. The molecule has 29 heavy (non-hydrogen) atoms. The van der Waals surface area contributed by atoms with Gasteiger partial charge in [-0.05, 0) is 42.5 Å². The molecule has 0 aliphatic carbocycles. The summed E-state index contributed by atoms with van der Waals surface area (Å²) >= 11 is 6.94. The number of nitrogen functional groups attached to an aromatic ring is 1. The fraction of sp³-hybridized carbons (Fsp3) is 0.0526. The van der Waals surface area contributed by atoms with Gasteiger partial charge in [-0.3, -0.25) is 14.2 Å². The Balaban J connectivity index is 1.79. The minimum atomic E-state index is -1.09. The number of carbonyl (C=O) groups excluding carboxylic acids is 1. The summed E-state index contributed by atoms with van der Waals surface area (Å²) in [6, 6.07) is 13.9. The summed E-state index contributed by atoms with van der Waals surface area (Å²) < 4.78 is 1.54. The number of nitrogens with zero attached hydrogens (tertiary/aromatic N) is 2. The van der Waals surface area contributed by atoms with Gasteiger partial charge in [-0.2, -0.15) is 4.98 Å². The molecule has 4 N–H and O–H groups in total. The van der Waals surface area contributed by atoms with Crippen molar-refractivity contribution in [1.82, 2.24) is 9.55 Å². The highest BCUT2D eigenvalue weighted by molar-refractivity contribution is 7.99. The molecule has 1 amide bonds. The third kappa shape index (κ3) is 5.15. The molecule has 1 heterocycles. The van der Waals surface area contributed by atoms with Gasteiger partial charge in [-0.1, -0.05) is 29.4 Å². The third-order valence-corrected chi connectivity index (χ3v) is 4.93. The van der Waals surface area contributed by atoms with Gasteiger partial charge in [0.05, 0.1) is 11.3 Å². The molecule has 3 rings (SSSR count). The fourth-order valence-corrected chi connectivity index (χ4v) is 3.43. The summed E-state index contributed by atoms with van der Waals surface area (Å²) in [7, 11) is 0. The zero-order valence-corrected chi connectivity index (χ0v) is 16.4. The highest BCUT2D eigenvalue weighted by Crippen LogP contribution is 2.24. The second-order valence-corrected chi connectivity index (χ2v) is 7.22. The third-order valence-electron chi connectivity index (χ3n) is 3.74. The average Bonchev–Trinajstić information content (AvgIpc) is 2.67. The predicted octanol–water partition coefficient (Wildman–Crippen LogP) is 2.90. The second kappa shape index (κ2) is 8.80. The number of carboxylic acids is 1. The van der Waals surface area contributed by atoms with E-state index in [9.17, 15) is 14.4 Å². The van der Waals surface area contributed by atoms with Crippen LogP contribution in [0, 0.1) is 0 Å². The lowest BCUT2D eigenvalue weighted by molar-refractivity contribution is -0.113. The van der Waals surface area contributed by atoms with E-state index in [1.165, 1.54) is 24.3 Å². The van der Waals surface area contributed by atoms with Crippen molar-refractivity contribution in [2.75, 3.05) is 16.8 Å². The lowest BCUT2D eigenvalue weighted by atomic mass is 10.2. The summed E-state index contributed by atoms with van der Waals surface area (Å²) in [6.45, 7) is 0. The van der Waals surface area contributed by atoms with Crippen molar-refractivity contribution in [3.8, 4) is 5.69 Å². The smallest absolute Gasteiger partial charge is 0.335 e. The topological polar surface area (TPSA) is 127 Å². The molecule has 0 saturated carbocycles. The van der Waals surface area contributed by atoms with E-state index >= 15 is 0 Å². The summed E-state index contributed by atoms with van der Waals surface area (Å²) in [4.78, 5) is 39.1. The SMILES string of the molecule is Nc1cc(=O)nc(SCC(=O)Nc2cccc(C(=O)O)c2)n1-c1ccc(Cl)cc1. The van der Waals surface area contributed by atoms with E-state index in [2.05, 4.69) is 10.3 Å². The molecule has 0 saturated heterocycles. The summed E-state index contributed by atoms with van der Waals surface area (Å²) in [5, 5.41) is 12.4. The van der Waals surface area contributed by atoms with Crippen molar-refractivity contribution in [2.24, 2.45) is 0 Å². The molecule has 0 unspecified atom stereocenters. The van der Waals surface area contributed by atoms with Crippen LogP contribution in [0.5, 0.6) is 0 Å². The van der Waals surface area contributed by atoms with Gasteiger partial charge in [0.15, 0.2) is 5.16 Å². The minimum absolute atomic E-state index is 0.0597. The first kappa shape index (κ1) is 20.4. The van der Waals surface area contributed by atoms with Crippen molar-refractivity contribution in [3.63, 3.8) is 0 Å². The van der Waals surface area contributed by atoms with Crippen molar-refractivity contribution in [3.05, 3.63) is 75.5 Å². The van der Waals surface area contributed by atoms with Crippen LogP contribution >= 0.6 is 23.4 Å². The van der Waals surface area contributed by atoms with Crippen LogP contribution in [0.4, 0.5) is 11.5 Å². The second-order valence-electron chi connectivity index (χ2n) is 5.84. The van der Waals surface area contributed by atoms with E-state index in [1.807, 2.05) is 0 Å². The van der Waals surface area contributed by atoms with Crippen LogP contribution in [-0.2, 0) is 4.79 Å². The van der Waals surface area contributed by atoms with Crippen molar-refractivity contribution in [2.45, 2.75) is 5.16 Å². The number of aromatic nitrogens is 2. The maximum atomic E-state index is 12.3. The van der Waals surface area contributed by atoms with Crippen LogP contribution in [0.3, 0.4) is 0 Å². The Hall–Kier alpha value is -3.30. The van der Waals surface area contributed by atoms with E-state index in [-0.39, 0.29) is 22.3 Å². The van der Waals surface area contributed by atoms with E-state index < -0.39 is 17.4 Å². The Kier molecular flexibility index (Phi) is 6.20. The molecular weight excluding hydrogens is 416 g/mol. The highest BCUT2D eigenvalue weighted by Gasteiger charge is 2.13. The first-order valence-corrected chi connectivity index (χ1v) is 9.61. The van der Waals surface area contributed by atoms with Crippen LogP contribution in [0.1, 0.15) is 10.4 Å². The number of amides is 1. The van der Waals surface area contributed by atoms with Crippen molar-refractivity contribution in [1.29, 1.82) is 0 Å². The summed E-state index contributed by atoms with van der Waals surface area (Å²) in [6.07, 6.45) is 0. The number of carbonyl (C=O) groups is 2. The normalized spacial score (nSPS) is 10.5. The van der Waals surface area contributed by atoms with Gasteiger partial charge in [0.25, 0.3) is 5.56 Å². The van der Waals surface area contributed by atoms with Crippen LogP contribution < -0.4 is 16.6 Å². The number of rotatable bonds is 6. The number of aromatic carboxylic acids is 1. The zero-order chi connectivity index (χ0) is 21.0. The van der Waals surface area contributed by atoms with Gasteiger partial charge < -0.3 is 16.2 Å². The van der Waals surface area contributed by atoms with Crippen LogP contribution in [0.2, 0.25) is 5.02 Å². The van der Waals surface area contributed by atoms with Gasteiger partial charge in [0.2, 0.25) is 5.91 Å². The van der Waals surface area contributed by atoms with Crippen LogP contribution in [0.25, 0.3) is 5.69 Å². The lowest BCUT2D eigenvalue weighted by Gasteiger charge is -2.14. The number of carboxylic acid groups (broad SMARTS) is 1. The van der Waals surface area contributed by atoms with Gasteiger partial charge in [0, 0.05) is 22.5 Å². The Morgan fingerprint density at radius 3 is 2.59 bits per heavy atom. The molecule has 8 nitrogen and oxygen atoms in total. The van der Waals surface area contributed by atoms with Crippen LogP contribution in [0.15, 0.2) is 64.5 Å². The molecule has 0 atom stereocenters. The Morgan fingerprint density at radius 2 is 1.90 bits per heavy atom. The molecule has 0 spiro atoms. The van der Waals surface area contributed by atoms with E-state index in [0.29, 0.717) is 16.4 Å². The minimum Gasteiger partial charge on any atom is -0.478 e. The monoisotopic (exact) mass is 430 g/mol. The number of anilines is 2. The molecular formula is C19H15ClN4O4S. The number of hydrogen-bond acceptors (Lipinski definition) is 6. The fourth-order valence-electron chi connectivity index (χ4n) is 2.48. The highest BCUT2D eigenvalue weighted by atomic mass is 35.5. The number of hydrogen-bond donors (Lipinski definition) is 3. The number of benzene rings is 2.